The molecule has 1 heterocycles. The lowest BCUT2D eigenvalue weighted by Crippen LogP contribution is -2.69. The van der Waals surface area contributed by atoms with Gasteiger partial charge in [0.25, 0.3) is 0 Å². The first-order valence-corrected chi connectivity index (χ1v) is 20.5. The third-order valence-electron chi connectivity index (χ3n) is 13.0. The van der Waals surface area contributed by atoms with Crippen molar-refractivity contribution in [2.24, 2.45) is 58.2 Å². The van der Waals surface area contributed by atoms with Crippen molar-refractivity contribution in [1.29, 1.82) is 0 Å². The van der Waals surface area contributed by atoms with E-state index >= 15 is 0 Å². The number of rotatable bonds is 9. The van der Waals surface area contributed by atoms with Crippen LogP contribution in [0.2, 0.25) is 0 Å². The second kappa shape index (κ2) is 12.6. The number of fused-ring (bicyclic) bond motifs is 7. The highest BCUT2D eigenvalue weighted by Crippen LogP contribution is 2.70. The zero-order valence-electron chi connectivity index (χ0n) is 27.8. The molecule has 0 aromatic heterocycles. The summed E-state index contributed by atoms with van der Waals surface area (Å²) in [5.41, 5.74) is -1.64. The van der Waals surface area contributed by atoms with Gasteiger partial charge in [0, 0.05) is 18.9 Å². The Morgan fingerprint density at radius 3 is 1.96 bits per heavy atom. The molecule has 1 saturated heterocycles. The van der Waals surface area contributed by atoms with E-state index in [1.165, 1.54) is 7.05 Å². The molecule has 5 fully saturated rings. The van der Waals surface area contributed by atoms with E-state index in [0.29, 0.717) is 12.8 Å². The monoisotopic (exact) mass is 733 g/mol. The molecule has 0 amide bonds. The van der Waals surface area contributed by atoms with E-state index in [0.717, 1.165) is 6.42 Å². The summed E-state index contributed by atoms with van der Waals surface area (Å²) in [5.74, 6) is -3.10. The molecule has 1 aliphatic heterocycles. The molecule has 5 N–H and O–H groups in total. The first kappa shape index (κ1) is 37.7. The summed E-state index contributed by atoms with van der Waals surface area (Å²) in [6.07, 6.45) is -6.67. The lowest BCUT2D eigenvalue weighted by molar-refractivity contribution is -0.248. The summed E-state index contributed by atoms with van der Waals surface area (Å²) in [4.78, 5) is 0. The fourth-order valence-electron chi connectivity index (χ4n) is 10.9. The van der Waals surface area contributed by atoms with Crippen LogP contribution in [0.25, 0.3) is 0 Å². The molecule has 5 aliphatic rings. The van der Waals surface area contributed by atoms with Gasteiger partial charge in [-0.1, -0.05) is 41.5 Å². The minimum Gasteiger partial charge on any atom is -0.390 e. The molecule has 18 heteroatoms. The highest BCUT2D eigenvalue weighted by molar-refractivity contribution is 7.84. The molecular formula is C29H51NO14S3. The zero-order valence-corrected chi connectivity index (χ0v) is 30.2. The normalized spacial score (nSPS) is 47.9. The Morgan fingerprint density at radius 2 is 1.40 bits per heavy atom. The summed E-state index contributed by atoms with van der Waals surface area (Å²) in [6.45, 7) is 12.2. The van der Waals surface area contributed by atoms with Gasteiger partial charge >= 0.3 is 31.1 Å². The number of hydrogen-bond acceptors (Lipinski definition) is 12. The van der Waals surface area contributed by atoms with E-state index < -0.39 is 102 Å². The molecule has 4 saturated carbocycles. The largest absolute Gasteiger partial charge is 0.397 e. The van der Waals surface area contributed by atoms with Gasteiger partial charge in [-0.05, 0) is 78.4 Å². The maximum atomic E-state index is 13.1. The quantitative estimate of drug-likeness (QED) is 0.213. The van der Waals surface area contributed by atoms with Gasteiger partial charge in [-0.2, -0.15) is 30.0 Å². The summed E-state index contributed by atoms with van der Waals surface area (Å²) in [7, 11) is -13.3. The summed E-state index contributed by atoms with van der Waals surface area (Å²) in [6, 6.07) is 0. The van der Waals surface area contributed by atoms with Crippen LogP contribution in [0.1, 0.15) is 73.6 Å². The summed E-state index contributed by atoms with van der Waals surface area (Å²) >= 11 is 0. The first-order chi connectivity index (χ1) is 21.5. The van der Waals surface area contributed by atoms with Crippen LogP contribution in [0.4, 0.5) is 0 Å². The second-order valence-electron chi connectivity index (χ2n) is 15.6. The molecule has 0 aromatic carbocycles. The van der Waals surface area contributed by atoms with E-state index in [2.05, 4.69) is 32.4 Å². The van der Waals surface area contributed by atoms with Crippen molar-refractivity contribution in [3.05, 3.63) is 0 Å². The minimum absolute atomic E-state index is 0.0100. The minimum atomic E-state index is -5.21. The summed E-state index contributed by atoms with van der Waals surface area (Å²) in [5, 5.41) is 23.4. The van der Waals surface area contributed by atoms with Crippen molar-refractivity contribution >= 4 is 31.1 Å². The standard InChI is InChI=1S/C29H51NO14S3/c1-13(2)15(4)18-12-14(3)20-26(41-18)27(43-45(33,34)30-7)21-19-16(8-10-29(20,21)6)28(5)11-9-17(42-46(35,36)37)23(31)22(28)24(32)25(19)44-47(38,39)40/h13-27,30-32H,8-12H2,1-7H3,(H,35,36,37)(H,38,39,40)/t14-,15+,16+,17-,18?,19-,20+,21-,22-,23+,24+,25-,26?,27?,28-,29-/m1/s1. The third kappa shape index (κ3) is 6.68. The fraction of sp³-hybridized carbons (Fsp3) is 1.00. The van der Waals surface area contributed by atoms with E-state index in [1.807, 2.05) is 13.8 Å². The molecule has 5 rings (SSSR count). The number of aliphatic hydroxyl groups is 2. The topological polar surface area (TPSA) is 232 Å². The first-order valence-electron chi connectivity index (χ1n) is 16.4. The third-order valence-corrected chi connectivity index (χ3v) is 14.9. The van der Waals surface area contributed by atoms with Crippen molar-refractivity contribution in [3.8, 4) is 0 Å². The van der Waals surface area contributed by atoms with Crippen LogP contribution < -0.4 is 4.72 Å². The van der Waals surface area contributed by atoms with E-state index in [-0.39, 0.29) is 42.6 Å². The van der Waals surface area contributed by atoms with Gasteiger partial charge < -0.3 is 14.9 Å². The maximum Gasteiger partial charge on any atom is 0.397 e. The zero-order chi connectivity index (χ0) is 35.2. The van der Waals surface area contributed by atoms with Crippen molar-refractivity contribution in [2.75, 3.05) is 7.05 Å². The Morgan fingerprint density at radius 1 is 0.809 bits per heavy atom. The molecule has 15 nitrogen and oxygen atoms in total. The number of hydrogen-bond donors (Lipinski definition) is 5. The molecule has 47 heavy (non-hydrogen) atoms. The van der Waals surface area contributed by atoms with Crippen molar-refractivity contribution in [1.82, 2.24) is 4.72 Å². The summed E-state index contributed by atoms with van der Waals surface area (Å²) < 4.78 is 118. The Balaban J connectivity index is 1.66. The van der Waals surface area contributed by atoms with Gasteiger partial charge in [0.1, 0.15) is 18.3 Å². The smallest absolute Gasteiger partial charge is 0.390 e. The molecule has 0 spiro atoms. The van der Waals surface area contributed by atoms with Crippen LogP contribution >= 0.6 is 0 Å². The lowest BCUT2D eigenvalue weighted by Gasteiger charge is -2.64. The molecule has 0 bridgehead atoms. The average Bonchev–Trinajstić information content (AvgIpc) is 3.18. The predicted molar refractivity (Wildman–Crippen MR) is 166 cm³/mol. The lowest BCUT2D eigenvalue weighted by atomic mass is 9.42. The average molecular weight is 734 g/mol. The van der Waals surface area contributed by atoms with Crippen molar-refractivity contribution < 1.29 is 61.9 Å². The Bertz CT molecular complexity index is 1510. The number of ether oxygens (including phenoxy) is 1. The molecule has 274 valence electrons. The number of nitrogens with one attached hydrogen (secondary N) is 1. The van der Waals surface area contributed by atoms with Gasteiger partial charge in [0.15, 0.2) is 0 Å². The predicted octanol–water partition coefficient (Wildman–Crippen LogP) is 1.73. The van der Waals surface area contributed by atoms with Crippen LogP contribution in [0.15, 0.2) is 0 Å². The Hall–Kier alpha value is -0.510. The van der Waals surface area contributed by atoms with E-state index in [4.69, 9.17) is 17.3 Å². The van der Waals surface area contributed by atoms with Crippen LogP contribution in [0.5, 0.6) is 0 Å². The molecule has 0 radical (unpaired) electrons. The number of aliphatic hydroxyl groups excluding tert-OH is 2. The van der Waals surface area contributed by atoms with Crippen LogP contribution in [-0.2, 0) is 48.4 Å². The molecule has 0 aromatic rings. The van der Waals surface area contributed by atoms with Gasteiger partial charge in [0.05, 0.1) is 24.4 Å². The van der Waals surface area contributed by atoms with Crippen molar-refractivity contribution in [3.63, 3.8) is 0 Å². The Kier molecular flexibility index (Phi) is 10.1. The molecule has 4 aliphatic carbocycles. The second-order valence-corrected chi connectivity index (χ2v) is 19.2. The maximum absolute atomic E-state index is 13.1. The van der Waals surface area contributed by atoms with Gasteiger partial charge in [-0.3, -0.25) is 13.3 Å². The highest BCUT2D eigenvalue weighted by Gasteiger charge is 2.73. The van der Waals surface area contributed by atoms with Gasteiger partial charge in [0.2, 0.25) is 0 Å². The Labute approximate surface area is 278 Å². The highest BCUT2D eigenvalue weighted by atomic mass is 32.3. The fourth-order valence-corrected chi connectivity index (χ4v) is 12.5. The SMILES string of the molecule is CNS(=O)(=O)OC1C2OC([C@@H](C)C(C)C)C[C@@H](C)[C@@H]2[C@@]2(C)CC[C@H]3[C@@H]([C@@H](OS(=O)(=O)O)[C@@H](O)[C@H]4[C@@H](O)[C@H](OS(=O)(=O)O)CC[C@@]43C)[C@H]12. The molecule has 3 unspecified atom stereocenters. The van der Waals surface area contributed by atoms with Crippen LogP contribution in [0.3, 0.4) is 0 Å². The molecule has 16 atom stereocenters. The van der Waals surface area contributed by atoms with Gasteiger partial charge in [-0.15, -0.1) is 0 Å². The van der Waals surface area contributed by atoms with E-state index in [1.54, 1.807) is 0 Å². The molecular weight excluding hydrogens is 683 g/mol. The van der Waals surface area contributed by atoms with E-state index in [9.17, 15) is 44.6 Å². The van der Waals surface area contributed by atoms with Crippen LogP contribution in [-0.4, -0.2) is 94.3 Å². The van der Waals surface area contributed by atoms with Crippen LogP contribution in [0, 0.1) is 58.2 Å². The van der Waals surface area contributed by atoms with Gasteiger partial charge in [-0.25, -0.2) is 8.37 Å². The van der Waals surface area contributed by atoms with Crippen molar-refractivity contribution in [2.45, 2.75) is 116 Å².